The third kappa shape index (κ3) is 4.58. The molecule has 3 heterocycles. The predicted molar refractivity (Wildman–Crippen MR) is 107 cm³/mol. The number of rotatable bonds is 4. The summed E-state index contributed by atoms with van der Waals surface area (Å²) >= 11 is 1.32. The monoisotopic (exact) mass is 416 g/mol. The van der Waals surface area contributed by atoms with Crippen molar-refractivity contribution in [1.29, 1.82) is 0 Å². The Labute approximate surface area is 165 Å². The number of aromatic nitrogens is 5. The van der Waals surface area contributed by atoms with Gasteiger partial charge in [-0.2, -0.15) is 9.98 Å². The molecule has 13 heteroatoms. The predicted octanol–water partition coefficient (Wildman–Crippen LogP) is 0.712. The van der Waals surface area contributed by atoms with Crippen molar-refractivity contribution in [1.82, 2.24) is 24.7 Å². The summed E-state index contributed by atoms with van der Waals surface area (Å²) in [6.07, 6.45) is 0. The number of aliphatic imine (C=N–C) groups is 1. The van der Waals surface area contributed by atoms with Gasteiger partial charge >= 0.3 is 0 Å². The Bertz CT molecular complexity index is 902. The van der Waals surface area contributed by atoms with Gasteiger partial charge in [0.25, 0.3) is 0 Å². The van der Waals surface area contributed by atoms with Crippen molar-refractivity contribution in [3.05, 3.63) is 35.1 Å². The number of nitrogen functional groups attached to an aromatic ring is 1. The van der Waals surface area contributed by atoms with Crippen molar-refractivity contribution in [2.24, 2.45) is 29.2 Å². The number of halogens is 2. The van der Waals surface area contributed by atoms with Crippen LogP contribution in [0.15, 0.2) is 28.6 Å². The summed E-state index contributed by atoms with van der Waals surface area (Å²) in [4.78, 5) is 16.9. The number of hydrogen-bond donors (Lipinski definition) is 4. The number of guanidine groups is 1. The molecule has 0 fully saturated rings. The Morgan fingerprint density at radius 2 is 1.88 bits per heavy atom. The zero-order valence-electron chi connectivity index (χ0n) is 13.6. The molecule has 3 aromatic rings. The molecule has 0 aliphatic rings. The van der Waals surface area contributed by atoms with E-state index in [0.29, 0.717) is 28.0 Å². The number of anilines is 1. The molecule has 1 atom stereocenters. The van der Waals surface area contributed by atoms with Gasteiger partial charge in [-0.1, -0.05) is 6.07 Å². The van der Waals surface area contributed by atoms with E-state index in [9.17, 15) is 0 Å². The van der Waals surface area contributed by atoms with Gasteiger partial charge in [-0.3, -0.25) is 0 Å². The van der Waals surface area contributed by atoms with Crippen molar-refractivity contribution >= 4 is 53.2 Å². The van der Waals surface area contributed by atoms with Crippen LogP contribution in [0.1, 0.15) is 17.6 Å². The lowest BCUT2D eigenvalue weighted by molar-refractivity contribution is 0.650. The van der Waals surface area contributed by atoms with Crippen LogP contribution < -0.4 is 22.9 Å². The van der Waals surface area contributed by atoms with Crippen LogP contribution in [0.25, 0.3) is 11.4 Å². The Morgan fingerprint density at radius 3 is 2.50 bits per heavy atom. The van der Waals surface area contributed by atoms with E-state index in [-0.39, 0.29) is 36.7 Å². The first-order valence-corrected chi connectivity index (χ1v) is 7.76. The first kappa shape index (κ1) is 21.6. The van der Waals surface area contributed by atoms with Crippen LogP contribution in [0.3, 0.4) is 0 Å². The molecule has 0 amide bonds. The van der Waals surface area contributed by atoms with Crippen molar-refractivity contribution in [2.45, 2.75) is 6.04 Å². The maximum Gasteiger partial charge on any atom is 0.239 e. The van der Waals surface area contributed by atoms with Gasteiger partial charge in [0.15, 0.2) is 11.8 Å². The Kier molecular flexibility index (Phi) is 7.27. The van der Waals surface area contributed by atoms with E-state index in [2.05, 4.69) is 25.0 Å². The van der Waals surface area contributed by atoms with Gasteiger partial charge in [0.1, 0.15) is 11.7 Å². The van der Waals surface area contributed by atoms with Crippen LogP contribution >= 0.6 is 36.2 Å². The van der Waals surface area contributed by atoms with Crippen LogP contribution in [0.5, 0.6) is 0 Å². The fraction of sp³-hybridized carbons (Fsp3) is 0.154. The van der Waals surface area contributed by atoms with Gasteiger partial charge in [-0.15, -0.1) is 41.2 Å². The second kappa shape index (κ2) is 8.76. The molecule has 0 radical (unpaired) electrons. The highest BCUT2D eigenvalue weighted by Gasteiger charge is 2.18. The van der Waals surface area contributed by atoms with Gasteiger partial charge in [-0.05, 0) is 12.1 Å². The van der Waals surface area contributed by atoms with E-state index in [1.165, 1.54) is 16.0 Å². The highest BCUT2D eigenvalue weighted by atomic mass is 35.5. The lowest BCUT2D eigenvalue weighted by Crippen LogP contribution is -2.21. The summed E-state index contributed by atoms with van der Waals surface area (Å²) in [5.41, 5.74) is 24.5. The largest absolute Gasteiger partial charge is 0.370 e. The first-order valence-electron chi connectivity index (χ1n) is 6.88. The number of thiazole rings is 1. The van der Waals surface area contributed by atoms with E-state index in [0.717, 1.165) is 0 Å². The molecule has 26 heavy (non-hydrogen) atoms. The van der Waals surface area contributed by atoms with E-state index >= 15 is 0 Å². The second-order valence-electron chi connectivity index (χ2n) is 4.93. The van der Waals surface area contributed by atoms with Gasteiger partial charge < -0.3 is 22.9 Å². The van der Waals surface area contributed by atoms with E-state index in [1.54, 1.807) is 7.05 Å². The third-order valence-corrected chi connectivity index (χ3v) is 3.89. The summed E-state index contributed by atoms with van der Waals surface area (Å²) in [7, 11) is 1.73. The number of pyridine rings is 1. The van der Waals surface area contributed by atoms with Crippen molar-refractivity contribution in [2.75, 3.05) is 5.73 Å². The molecule has 10 nitrogen and oxygen atoms in total. The number of hydrogen-bond acceptors (Lipinski definition) is 8. The molecule has 140 valence electrons. The molecule has 0 bridgehead atoms. The topological polar surface area (TPSA) is 173 Å². The van der Waals surface area contributed by atoms with Gasteiger partial charge in [-0.25, -0.2) is 14.6 Å². The van der Waals surface area contributed by atoms with Gasteiger partial charge in [0.05, 0.1) is 11.4 Å². The zero-order chi connectivity index (χ0) is 17.3. The SMILES string of the molecule is Cl.Cl.Cn1nc(N)nc1C(N)c1cccc(-c2csc(N=C(N)N)n2)n1. The average Bonchev–Trinajstić information content (AvgIpc) is 3.12. The van der Waals surface area contributed by atoms with Crippen LogP contribution in [0, 0.1) is 0 Å². The van der Waals surface area contributed by atoms with Crippen molar-refractivity contribution in [3.8, 4) is 11.4 Å². The molecule has 0 aromatic carbocycles. The molecule has 0 saturated carbocycles. The summed E-state index contributed by atoms with van der Waals surface area (Å²) in [5, 5.41) is 6.28. The van der Waals surface area contributed by atoms with E-state index in [4.69, 9.17) is 22.9 Å². The first-order chi connectivity index (χ1) is 11.4. The number of aryl methyl sites for hydroxylation is 1. The summed E-state index contributed by atoms with van der Waals surface area (Å²) < 4.78 is 1.54. The molecular weight excluding hydrogens is 399 g/mol. The molecule has 0 aliphatic heterocycles. The third-order valence-electron chi connectivity index (χ3n) is 3.16. The van der Waals surface area contributed by atoms with E-state index < -0.39 is 6.04 Å². The summed E-state index contributed by atoms with van der Waals surface area (Å²) in [5.74, 6) is 0.650. The minimum Gasteiger partial charge on any atom is -0.370 e. The molecular formula is C13H18Cl2N10S. The molecule has 0 aliphatic carbocycles. The maximum atomic E-state index is 6.23. The smallest absolute Gasteiger partial charge is 0.239 e. The normalized spacial score (nSPS) is 11.2. The Morgan fingerprint density at radius 1 is 1.15 bits per heavy atom. The quantitative estimate of drug-likeness (QED) is 0.355. The molecule has 3 aromatic heterocycles. The molecule has 8 N–H and O–H groups in total. The van der Waals surface area contributed by atoms with Crippen LogP contribution in [0.4, 0.5) is 11.1 Å². The molecule has 3 rings (SSSR count). The zero-order valence-corrected chi connectivity index (χ0v) is 16.1. The standard InChI is InChI=1S/C13H16N10S.2ClH/c1-23-10(20-12(17)22-23)9(14)7-4-2-3-6(18-7)8-5-24-13(19-8)21-11(15)16;;/h2-5,9H,14H2,1H3,(H2,17,22)(H4,15,16,19,21);2*1H. The minimum absolute atomic E-state index is 0. The lowest BCUT2D eigenvalue weighted by atomic mass is 10.1. The van der Waals surface area contributed by atoms with Crippen molar-refractivity contribution in [3.63, 3.8) is 0 Å². The highest BCUT2D eigenvalue weighted by molar-refractivity contribution is 7.13. The molecule has 1 unspecified atom stereocenters. The second-order valence-corrected chi connectivity index (χ2v) is 5.77. The van der Waals surface area contributed by atoms with Crippen LogP contribution in [-0.2, 0) is 7.05 Å². The fourth-order valence-corrected chi connectivity index (χ4v) is 2.83. The number of nitrogens with two attached hydrogens (primary N) is 4. The van der Waals surface area contributed by atoms with Gasteiger partial charge in [0, 0.05) is 12.4 Å². The van der Waals surface area contributed by atoms with Crippen molar-refractivity contribution < 1.29 is 0 Å². The minimum atomic E-state index is -0.560. The maximum absolute atomic E-state index is 6.23. The number of nitrogens with zero attached hydrogens (tertiary/aromatic N) is 6. The van der Waals surface area contributed by atoms with Crippen LogP contribution in [-0.4, -0.2) is 30.7 Å². The lowest BCUT2D eigenvalue weighted by Gasteiger charge is -2.10. The Balaban J connectivity index is 0.00000169. The molecule has 0 spiro atoms. The van der Waals surface area contributed by atoms with Crippen LogP contribution in [0.2, 0.25) is 0 Å². The fourth-order valence-electron chi connectivity index (χ4n) is 2.13. The highest BCUT2D eigenvalue weighted by Crippen LogP contribution is 2.26. The Hall–Kier alpha value is -2.47. The van der Waals surface area contributed by atoms with E-state index in [1.807, 2.05) is 23.6 Å². The summed E-state index contributed by atoms with van der Waals surface area (Å²) in [6, 6.07) is 4.92. The average molecular weight is 417 g/mol. The molecule has 0 saturated heterocycles. The van der Waals surface area contributed by atoms with Gasteiger partial charge in [0.2, 0.25) is 11.1 Å². The summed E-state index contributed by atoms with van der Waals surface area (Å²) in [6.45, 7) is 0.